The zero-order valence-electron chi connectivity index (χ0n) is 21.5. The van der Waals surface area contributed by atoms with Crippen molar-refractivity contribution in [2.45, 2.75) is 79.3 Å². The molecule has 0 saturated heterocycles. The van der Waals surface area contributed by atoms with Gasteiger partial charge in [-0.2, -0.15) is 0 Å². The highest BCUT2D eigenvalue weighted by Gasteiger charge is 2.24. The lowest BCUT2D eigenvalue weighted by Crippen LogP contribution is -2.22. The molecular weight excluding hydrogens is 432 g/mol. The van der Waals surface area contributed by atoms with Crippen LogP contribution in [0.2, 0.25) is 0 Å². The molecule has 0 aliphatic carbocycles. The summed E-state index contributed by atoms with van der Waals surface area (Å²) in [6.07, 6.45) is 2.06. The number of rotatable bonds is 13. The molecule has 0 spiro atoms. The van der Waals surface area contributed by atoms with Crippen molar-refractivity contribution in [2.75, 3.05) is 26.2 Å². The van der Waals surface area contributed by atoms with Gasteiger partial charge < -0.3 is 10.2 Å². The van der Waals surface area contributed by atoms with Gasteiger partial charge in [0.1, 0.15) is 11.5 Å². The first-order valence-electron chi connectivity index (χ1n) is 12.5. The van der Waals surface area contributed by atoms with Gasteiger partial charge in [0.15, 0.2) is 0 Å². The topological polar surface area (TPSA) is 46.9 Å². The molecule has 2 atom stereocenters. The Kier molecular flexibility index (Phi) is 12.9. The fourth-order valence-electron chi connectivity index (χ4n) is 4.81. The Labute approximate surface area is 208 Å². The summed E-state index contributed by atoms with van der Waals surface area (Å²) >= 11 is 0. The van der Waals surface area contributed by atoms with E-state index in [9.17, 15) is 10.2 Å². The van der Waals surface area contributed by atoms with Crippen molar-refractivity contribution >= 4 is 12.4 Å². The van der Waals surface area contributed by atoms with Crippen LogP contribution < -0.4 is 0 Å². The summed E-state index contributed by atoms with van der Waals surface area (Å²) < 4.78 is 0. The molecule has 0 saturated carbocycles. The minimum absolute atomic E-state index is 0. The average molecular weight is 477 g/mol. The summed E-state index contributed by atoms with van der Waals surface area (Å²) in [6, 6.07) is 12.3. The molecule has 0 radical (unpaired) electrons. The van der Waals surface area contributed by atoms with Crippen molar-refractivity contribution in [2.24, 2.45) is 0 Å². The van der Waals surface area contributed by atoms with Gasteiger partial charge in [-0.1, -0.05) is 65.8 Å². The Hall–Kier alpha value is -1.75. The molecule has 4 nitrogen and oxygen atoms in total. The van der Waals surface area contributed by atoms with Gasteiger partial charge in [0.2, 0.25) is 0 Å². The molecule has 0 aliphatic heterocycles. The number of phenols is 2. The molecule has 33 heavy (non-hydrogen) atoms. The number of halogens is 1. The second kappa shape index (κ2) is 14.5. The predicted molar refractivity (Wildman–Crippen MR) is 143 cm³/mol. The lowest BCUT2D eigenvalue weighted by molar-refractivity contribution is 0.290. The highest BCUT2D eigenvalue weighted by molar-refractivity contribution is 5.85. The second-order valence-corrected chi connectivity index (χ2v) is 8.73. The van der Waals surface area contributed by atoms with Gasteiger partial charge in [-0.3, -0.25) is 9.80 Å². The summed E-state index contributed by atoms with van der Waals surface area (Å²) in [5.41, 5.74) is 4.59. The monoisotopic (exact) mass is 476 g/mol. The number of aromatic hydroxyl groups is 2. The number of benzene rings is 2. The van der Waals surface area contributed by atoms with Crippen molar-refractivity contribution in [1.82, 2.24) is 9.80 Å². The Bertz CT molecular complexity index is 765. The molecule has 2 N–H and O–H groups in total. The largest absolute Gasteiger partial charge is 0.508 e. The molecule has 0 aliphatic rings. The molecule has 5 heteroatoms. The Morgan fingerprint density at radius 2 is 0.939 bits per heavy atom. The summed E-state index contributed by atoms with van der Waals surface area (Å²) in [6.45, 7) is 18.6. The van der Waals surface area contributed by atoms with Crippen LogP contribution in [0.25, 0.3) is 0 Å². The highest BCUT2D eigenvalue weighted by Crippen LogP contribution is 2.40. The van der Waals surface area contributed by atoms with Crippen LogP contribution in [0.3, 0.4) is 0 Å². The minimum Gasteiger partial charge on any atom is -0.508 e. The number of nitrogens with zero attached hydrogens (tertiary/aromatic N) is 2. The molecule has 2 unspecified atom stereocenters. The first kappa shape index (κ1) is 29.3. The highest BCUT2D eigenvalue weighted by atomic mass is 35.5. The van der Waals surface area contributed by atoms with E-state index in [0.29, 0.717) is 23.3 Å². The quantitative estimate of drug-likeness (QED) is 0.330. The lowest BCUT2D eigenvalue weighted by atomic mass is 9.77. The van der Waals surface area contributed by atoms with Crippen molar-refractivity contribution in [3.63, 3.8) is 0 Å². The van der Waals surface area contributed by atoms with Crippen LogP contribution in [-0.4, -0.2) is 46.2 Å². The van der Waals surface area contributed by atoms with Crippen LogP contribution in [0, 0.1) is 0 Å². The number of phenolic OH excluding ortho intramolecular Hbond substituents is 2. The van der Waals surface area contributed by atoms with Gasteiger partial charge >= 0.3 is 0 Å². The van der Waals surface area contributed by atoms with Crippen molar-refractivity contribution in [3.05, 3.63) is 58.7 Å². The summed E-state index contributed by atoms with van der Waals surface area (Å²) in [7, 11) is 0. The minimum atomic E-state index is 0. The van der Waals surface area contributed by atoms with Crippen molar-refractivity contribution < 1.29 is 10.2 Å². The molecule has 0 fully saturated rings. The van der Waals surface area contributed by atoms with Gasteiger partial charge in [0, 0.05) is 24.2 Å². The van der Waals surface area contributed by atoms with E-state index in [1.54, 1.807) is 0 Å². The maximum Gasteiger partial charge on any atom is 0.120 e. The second-order valence-electron chi connectivity index (χ2n) is 8.73. The molecule has 0 heterocycles. The van der Waals surface area contributed by atoms with E-state index in [1.165, 1.54) is 11.1 Å². The van der Waals surface area contributed by atoms with Crippen LogP contribution in [0.15, 0.2) is 36.4 Å². The molecule has 2 aromatic carbocycles. The van der Waals surface area contributed by atoms with E-state index in [1.807, 2.05) is 12.1 Å². The van der Waals surface area contributed by atoms with E-state index < -0.39 is 0 Å². The third-order valence-electron chi connectivity index (χ3n) is 7.01. The molecule has 2 rings (SSSR count). The van der Waals surface area contributed by atoms with E-state index in [-0.39, 0.29) is 12.4 Å². The lowest BCUT2D eigenvalue weighted by Gasteiger charge is -2.28. The Morgan fingerprint density at radius 1 is 0.606 bits per heavy atom. The van der Waals surface area contributed by atoms with Gasteiger partial charge in [0.25, 0.3) is 0 Å². The van der Waals surface area contributed by atoms with E-state index >= 15 is 0 Å². The summed E-state index contributed by atoms with van der Waals surface area (Å²) in [4.78, 5) is 4.66. The summed E-state index contributed by atoms with van der Waals surface area (Å²) in [5.74, 6) is 1.49. The Morgan fingerprint density at radius 3 is 1.21 bits per heavy atom. The number of hydrogen-bond donors (Lipinski definition) is 2. The van der Waals surface area contributed by atoms with Crippen LogP contribution in [0.5, 0.6) is 11.5 Å². The molecule has 0 amide bonds. The molecule has 0 bridgehead atoms. The van der Waals surface area contributed by atoms with E-state index in [4.69, 9.17) is 0 Å². The van der Waals surface area contributed by atoms with Gasteiger partial charge in [-0.15, -0.1) is 12.4 Å². The third-order valence-corrected chi connectivity index (χ3v) is 7.01. The Balaban J connectivity index is 0.00000544. The zero-order valence-corrected chi connectivity index (χ0v) is 22.3. The molecule has 2 aromatic rings. The predicted octanol–water partition coefficient (Wildman–Crippen LogP) is 6.89. The van der Waals surface area contributed by atoms with Crippen LogP contribution in [-0.2, 0) is 13.1 Å². The van der Waals surface area contributed by atoms with Gasteiger partial charge in [0.05, 0.1) is 0 Å². The molecule has 0 aromatic heterocycles. The third kappa shape index (κ3) is 7.63. The van der Waals surface area contributed by atoms with Crippen molar-refractivity contribution in [1.29, 1.82) is 0 Å². The zero-order chi connectivity index (χ0) is 23.7. The SMILES string of the molecule is CCC(c1ccc(O)c(CN(CC)CC)c1)C(CC)c1ccc(O)c(CN(CC)CC)c1.Cl. The standard InChI is InChI=1S/C28H44N2O2.ClH/c1-7-25(21-13-15-27(31)23(17-21)19-29(9-3)10-4)26(8-2)22-14-16-28(32)24(18-22)20-30(11-5)12-6;/h13-18,25-26,31-32H,7-12,19-20H2,1-6H3;1H. The van der Waals surface area contributed by atoms with Crippen LogP contribution in [0.4, 0.5) is 0 Å². The normalized spacial score (nSPS) is 13.2. The average Bonchev–Trinajstić information content (AvgIpc) is 2.81. The summed E-state index contributed by atoms with van der Waals surface area (Å²) in [5, 5.41) is 21.0. The van der Waals surface area contributed by atoms with Crippen molar-refractivity contribution in [3.8, 4) is 11.5 Å². The number of hydrogen-bond acceptors (Lipinski definition) is 4. The van der Waals surface area contributed by atoms with Crippen LogP contribution >= 0.6 is 12.4 Å². The van der Waals surface area contributed by atoms with E-state index in [2.05, 4.69) is 75.6 Å². The molecule has 186 valence electrons. The fourth-order valence-corrected chi connectivity index (χ4v) is 4.81. The van der Waals surface area contributed by atoms with Gasteiger partial charge in [-0.25, -0.2) is 0 Å². The smallest absolute Gasteiger partial charge is 0.120 e. The fraction of sp³-hybridized carbons (Fsp3) is 0.571. The van der Waals surface area contributed by atoms with Crippen LogP contribution in [0.1, 0.15) is 88.5 Å². The van der Waals surface area contributed by atoms with E-state index in [0.717, 1.165) is 63.2 Å². The maximum absolute atomic E-state index is 10.5. The molecular formula is C28H45ClN2O2. The first-order valence-corrected chi connectivity index (χ1v) is 12.5. The first-order chi connectivity index (χ1) is 15.4. The maximum atomic E-state index is 10.5. The van der Waals surface area contributed by atoms with Gasteiger partial charge in [-0.05, 0) is 74.1 Å².